The number of phenols is 1. The van der Waals surface area contributed by atoms with E-state index in [1.54, 1.807) is 0 Å². The second-order valence-electron chi connectivity index (χ2n) is 3.24. The molecule has 0 radical (unpaired) electrons. The molecule has 92 valence electrons. The molecule has 0 aliphatic carbocycles. The molecule has 6 nitrogen and oxygen atoms in total. The molecule has 1 aromatic carbocycles. The molecule has 2 amide bonds. The van der Waals surface area contributed by atoms with Gasteiger partial charge in [0.2, 0.25) is 6.10 Å². The van der Waals surface area contributed by atoms with Crippen molar-refractivity contribution in [3.05, 3.63) is 29.8 Å². The quantitative estimate of drug-likeness (QED) is 0.717. The van der Waals surface area contributed by atoms with Gasteiger partial charge in [-0.3, -0.25) is 4.79 Å². The van der Waals surface area contributed by atoms with E-state index >= 15 is 0 Å². The summed E-state index contributed by atoms with van der Waals surface area (Å²) in [5, 5.41) is 13.8. The monoisotopic (exact) mass is 238 g/mol. The van der Waals surface area contributed by atoms with E-state index in [2.05, 4.69) is 10.6 Å². The first-order valence-corrected chi connectivity index (χ1v) is 4.97. The SMILES string of the molecule is CNC(=O)OC(C(=O)NC)c1ccc(O)cc1. The van der Waals surface area contributed by atoms with Crippen LogP contribution in [0.1, 0.15) is 11.7 Å². The number of rotatable bonds is 3. The Morgan fingerprint density at radius 3 is 2.24 bits per heavy atom. The first kappa shape index (κ1) is 12.8. The molecule has 0 aliphatic rings. The molecule has 0 heterocycles. The smallest absolute Gasteiger partial charge is 0.408 e. The van der Waals surface area contributed by atoms with Crippen molar-refractivity contribution in [3.63, 3.8) is 0 Å². The predicted octanol–water partition coefficient (Wildman–Crippen LogP) is 0.535. The van der Waals surface area contributed by atoms with E-state index in [4.69, 9.17) is 9.84 Å². The summed E-state index contributed by atoms with van der Waals surface area (Å²) in [6, 6.07) is 5.85. The molecule has 0 spiro atoms. The van der Waals surface area contributed by atoms with Crippen molar-refractivity contribution in [2.75, 3.05) is 14.1 Å². The zero-order valence-electron chi connectivity index (χ0n) is 9.56. The molecule has 17 heavy (non-hydrogen) atoms. The molecule has 1 aromatic rings. The maximum Gasteiger partial charge on any atom is 0.408 e. The summed E-state index contributed by atoms with van der Waals surface area (Å²) >= 11 is 0. The summed E-state index contributed by atoms with van der Waals surface area (Å²) in [6.07, 6.45) is -1.74. The first-order valence-electron chi connectivity index (χ1n) is 4.97. The van der Waals surface area contributed by atoms with Crippen LogP contribution in [0.3, 0.4) is 0 Å². The summed E-state index contributed by atoms with van der Waals surface area (Å²) in [6.45, 7) is 0. The zero-order chi connectivity index (χ0) is 12.8. The lowest BCUT2D eigenvalue weighted by atomic mass is 10.1. The standard InChI is InChI=1S/C11H14N2O4/c1-12-10(15)9(17-11(16)13-2)7-3-5-8(14)6-4-7/h3-6,9,14H,1-2H3,(H,12,15)(H,13,16). The number of nitrogens with one attached hydrogen (secondary N) is 2. The van der Waals surface area contributed by atoms with Gasteiger partial charge in [0.15, 0.2) is 0 Å². The van der Waals surface area contributed by atoms with E-state index in [0.29, 0.717) is 5.56 Å². The van der Waals surface area contributed by atoms with E-state index in [9.17, 15) is 9.59 Å². The van der Waals surface area contributed by atoms with E-state index in [1.165, 1.54) is 38.4 Å². The van der Waals surface area contributed by atoms with Crippen molar-refractivity contribution < 1.29 is 19.4 Å². The first-order chi connectivity index (χ1) is 8.08. The molecule has 0 bridgehead atoms. The minimum atomic E-state index is -1.04. The summed E-state index contributed by atoms with van der Waals surface area (Å²) in [7, 11) is 2.85. The molecule has 6 heteroatoms. The van der Waals surface area contributed by atoms with Gasteiger partial charge in [0, 0.05) is 19.7 Å². The highest BCUT2D eigenvalue weighted by molar-refractivity contribution is 5.84. The van der Waals surface area contributed by atoms with Crippen molar-refractivity contribution in [3.8, 4) is 5.75 Å². The maximum absolute atomic E-state index is 11.6. The molecule has 0 saturated carbocycles. The van der Waals surface area contributed by atoms with Crippen molar-refractivity contribution in [1.82, 2.24) is 10.6 Å². The molecular formula is C11H14N2O4. The second-order valence-corrected chi connectivity index (χ2v) is 3.24. The lowest BCUT2D eigenvalue weighted by molar-refractivity contribution is -0.129. The highest BCUT2D eigenvalue weighted by Crippen LogP contribution is 2.20. The highest BCUT2D eigenvalue weighted by Gasteiger charge is 2.23. The fourth-order valence-corrected chi connectivity index (χ4v) is 1.22. The van der Waals surface area contributed by atoms with Crippen molar-refractivity contribution >= 4 is 12.0 Å². The molecule has 0 saturated heterocycles. The number of hydrogen-bond acceptors (Lipinski definition) is 4. The number of phenolic OH excluding ortho intramolecular Hbond substituents is 1. The number of benzene rings is 1. The third kappa shape index (κ3) is 3.37. The largest absolute Gasteiger partial charge is 0.508 e. The van der Waals surface area contributed by atoms with Crippen LogP contribution in [0.25, 0.3) is 0 Å². The van der Waals surface area contributed by atoms with Crippen LogP contribution < -0.4 is 10.6 Å². The number of alkyl carbamates (subject to hydrolysis) is 1. The van der Waals surface area contributed by atoms with Gasteiger partial charge in [-0.25, -0.2) is 4.79 Å². The molecule has 3 N–H and O–H groups in total. The van der Waals surface area contributed by atoms with E-state index in [1.807, 2.05) is 0 Å². The Labute approximate surface area is 98.6 Å². The Morgan fingerprint density at radius 1 is 1.18 bits per heavy atom. The van der Waals surface area contributed by atoms with Gasteiger partial charge in [-0.05, 0) is 12.1 Å². The van der Waals surface area contributed by atoms with E-state index in [0.717, 1.165) is 0 Å². The fraction of sp³-hybridized carbons (Fsp3) is 0.273. The summed E-state index contributed by atoms with van der Waals surface area (Å²) in [4.78, 5) is 22.7. The number of hydrogen-bond donors (Lipinski definition) is 3. The highest BCUT2D eigenvalue weighted by atomic mass is 16.6. The third-order valence-corrected chi connectivity index (χ3v) is 2.11. The third-order valence-electron chi connectivity index (χ3n) is 2.11. The fourth-order valence-electron chi connectivity index (χ4n) is 1.22. The Balaban J connectivity index is 2.93. The number of amides is 2. The topological polar surface area (TPSA) is 87.7 Å². The van der Waals surface area contributed by atoms with E-state index < -0.39 is 18.1 Å². The van der Waals surface area contributed by atoms with Crippen molar-refractivity contribution in [2.45, 2.75) is 6.10 Å². The number of aromatic hydroxyl groups is 1. The molecule has 0 aromatic heterocycles. The van der Waals surface area contributed by atoms with Crippen LogP contribution >= 0.6 is 0 Å². The summed E-state index contributed by atoms with van der Waals surface area (Å²) < 4.78 is 4.93. The van der Waals surface area contributed by atoms with Gasteiger partial charge in [-0.2, -0.15) is 0 Å². The minimum Gasteiger partial charge on any atom is -0.508 e. The van der Waals surface area contributed by atoms with Gasteiger partial charge in [0.1, 0.15) is 5.75 Å². The van der Waals surface area contributed by atoms with Crippen LogP contribution in [0.4, 0.5) is 4.79 Å². The molecule has 1 rings (SSSR count). The number of carbonyl (C=O) groups excluding carboxylic acids is 2. The lowest BCUT2D eigenvalue weighted by Crippen LogP contribution is -2.32. The summed E-state index contributed by atoms with van der Waals surface area (Å²) in [5.41, 5.74) is 0.478. The van der Waals surface area contributed by atoms with Crippen LogP contribution in [0.2, 0.25) is 0 Å². The van der Waals surface area contributed by atoms with Crippen LogP contribution in [-0.4, -0.2) is 31.2 Å². The van der Waals surface area contributed by atoms with Crippen LogP contribution in [0, 0.1) is 0 Å². The Kier molecular flexibility index (Phi) is 4.33. The van der Waals surface area contributed by atoms with Gasteiger partial charge >= 0.3 is 6.09 Å². The maximum atomic E-state index is 11.6. The second kappa shape index (κ2) is 5.74. The van der Waals surface area contributed by atoms with Crippen LogP contribution in [-0.2, 0) is 9.53 Å². The Hall–Kier alpha value is -2.24. The van der Waals surface area contributed by atoms with Crippen molar-refractivity contribution in [1.29, 1.82) is 0 Å². The summed E-state index contributed by atoms with van der Waals surface area (Å²) in [5.74, 6) is -0.372. The Morgan fingerprint density at radius 2 is 1.76 bits per heavy atom. The van der Waals surface area contributed by atoms with Gasteiger partial charge < -0.3 is 20.5 Å². The molecule has 1 atom stereocenters. The van der Waals surface area contributed by atoms with Gasteiger partial charge in [-0.15, -0.1) is 0 Å². The predicted molar refractivity (Wildman–Crippen MR) is 60.5 cm³/mol. The minimum absolute atomic E-state index is 0.0735. The number of carbonyl (C=O) groups is 2. The van der Waals surface area contributed by atoms with Crippen molar-refractivity contribution in [2.24, 2.45) is 0 Å². The van der Waals surface area contributed by atoms with Gasteiger partial charge in [0.25, 0.3) is 5.91 Å². The van der Waals surface area contributed by atoms with Gasteiger partial charge in [-0.1, -0.05) is 12.1 Å². The number of ether oxygens (including phenoxy) is 1. The van der Waals surface area contributed by atoms with Crippen LogP contribution in [0.5, 0.6) is 5.75 Å². The molecule has 0 fully saturated rings. The molecular weight excluding hydrogens is 224 g/mol. The molecule has 0 aliphatic heterocycles. The van der Waals surface area contributed by atoms with Crippen LogP contribution in [0.15, 0.2) is 24.3 Å². The Bertz CT molecular complexity index is 402. The average Bonchev–Trinajstić information content (AvgIpc) is 2.36. The average molecular weight is 238 g/mol. The molecule has 1 unspecified atom stereocenters. The lowest BCUT2D eigenvalue weighted by Gasteiger charge is -2.16. The van der Waals surface area contributed by atoms with E-state index in [-0.39, 0.29) is 5.75 Å². The normalized spacial score (nSPS) is 11.4. The van der Waals surface area contributed by atoms with Gasteiger partial charge in [0.05, 0.1) is 0 Å². The number of likely N-dealkylation sites (N-methyl/N-ethyl adjacent to an activating group) is 1. The zero-order valence-corrected chi connectivity index (χ0v) is 9.56.